The van der Waals surface area contributed by atoms with E-state index in [0.29, 0.717) is 10.3 Å². The Hall–Kier alpha value is -4.94. The Morgan fingerprint density at radius 1 is 0.652 bits per heavy atom. The number of methoxy groups -OCH3 is 2. The number of hydrogen-bond donors (Lipinski definition) is 4. The average Bonchev–Trinajstić information content (AvgIpc) is 3.67. The second kappa shape index (κ2) is 13.6. The first-order chi connectivity index (χ1) is 22.3. The molecule has 2 heterocycles. The summed E-state index contributed by atoms with van der Waals surface area (Å²) in [5.41, 5.74) is 8.79. The third-order valence-electron chi connectivity index (χ3n) is 7.35. The molecule has 0 aliphatic carbocycles. The van der Waals surface area contributed by atoms with Gasteiger partial charge < -0.3 is 30.1 Å². The molecule has 4 aromatic carbocycles. The maximum absolute atomic E-state index is 12.7. The van der Waals surface area contributed by atoms with Gasteiger partial charge in [-0.1, -0.05) is 35.7 Å². The highest BCUT2D eigenvalue weighted by Crippen LogP contribution is 2.29. The quantitative estimate of drug-likeness (QED) is 0.108. The number of nitrogens with one attached hydrogen (secondary N) is 4. The third kappa shape index (κ3) is 7.13. The van der Waals surface area contributed by atoms with Crippen molar-refractivity contribution in [2.75, 3.05) is 36.4 Å². The second-order valence-electron chi connectivity index (χ2n) is 10.6. The van der Waals surface area contributed by atoms with E-state index in [1.807, 2.05) is 86.6 Å². The molecule has 10 nitrogen and oxygen atoms in total. The Kier molecular flexibility index (Phi) is 9.18. The molecule has 46 heavy (non-hydrogen) atoms. The SMILES string of the molecule is COc1ccc2nc(SCC(=O)Nc3ccc(-c4ccc(NC(=O)CSc5nc6ccc(OC)cc6[nH]5)c(C)c4)cc3C)[nH]c2c1. The predicted octanol–water partition coefficient (Wildman–Crippen LogP) is 7.20. The molecule has 0 radical (unpaired) electrons. The normalized spacial score (nSPS) is 11.1. The zero-order chi connectivity index (χ0) is 32.2. The lowest BCUT2D eigenvalue weighted by Crippen LogP contribution is -2.15. The Morgan fingerprint density at radius 2 is 1.09 bits per heavy atom. The van der Waals surface area contributed by atoms with E-state index in [9.17, 15) is 9.59 Å². The molecule has 0 saturated carbocycles. The number of aryl methyl sites for hydroxylation is 2. The Morgan fingerprint density at radius 3 is 1.48 bits per heavy atom. The molecule has 0 unspecified atom stereocenters. The number of fused-ring (bicyclic) bond motifs is 2. The van der Waals surface area contributed by atoms with E-state index in [1.165, 1.54) is 23.5 Å². The van der Waals surface area contributed by atoms with Crippen molar-refractivity contribution < 1.29 is 19.1 Å². The summed E-state index contributed by atoms with van der Waals surface area (Å²) in [4.78, 5) is 41.0. The van der Waals surface area contributed by atoms with Crippen LogP contribution in [0, 0.1) is 13.8 Å². The fourth-order valence-electron chi connectivity index (χ4n) is 4.93. The number of benzene rings is 4. The van der Waals surface area contributed by atoms with Gasteiger partial charge in [-0.25, -0.2) is 9.97 Å². The number of anilines is 2. The lowest BCUT2D eigenvalue weighted by atomic mass is 10.00. The molecular formula is C34H32N6O4S2. The molecule has 0 bridgehead atoms. The number of carbonyl (C=O) groups excluding carboxylic acids is 2. The number of thioether (sulfide) groups is 2. The standard InChI is InChI=1S/C34H32N6O4S2/c1-19-13-21(5-9-25(19)35-31(41)17-45-33-37-27-11-7-23(43-3)15-29(27)39-33)22-6-10-26(20(2)14-22)36-32(42)18-46-34-38-28-12-8-24(44-4)16-30(28)40-34/h5-16H,17-18H2,1-4H3,(H,35,41)(H,36,42)(H,37,39)(H,38,40). The summed E-state index contributed by atoms with van der Waals surface area (Å²) in [7, 11) is 3.24. The van der Waals surface area contributed by atoms with Crippen LogP contribution in [0.2, 0.25) is 0 Å². The first-order valence-electron chi connectivity index (χ1n) is 14.4. The van der Waals surface area contributed by atoms with Crippen LogP contribution in [0.4, 0.5) is 11.4 Å². The van der Waals surface area contributed by atoms with Crippen molar-refractivity contribution in [3.63, 3.8) is 0 Å². The van der Waals surface area contributed by atoms with E-state index in [0.717, 1.165) is 67.2 Å². The number of aromatic nitrogens is 4. The van der Waals surface area contributed by atoms with E-state index < -0.39 is 0 Å². The van der Waals surface area contributed by atoms with E-state index in [2.05, 4.69) is 30.6 Å². The fourth-order valence-corrected chi connectivity index (χ4v) is 6.30. The molecule has 0 aliphatic heterocycles. The smallest absolute Gasteiger partial charge is 0.234 e. The Bertz CT molecular complexity index is 1920. The van der Waals surface area contributed by atoms with Crippen molar-refractivity contribution in [2.24, 2.45) is 0 Å². The van der Waals surface area contributed by atoms with E-state index in [1.54, 1.807) is 14.2 Å². The minimum Gasteiger partial charge on any atom is -0.497 e. The Balaban J connectivity index is 1.03. The molecule has 2 aromatic heterocycles. The van der Waals surface area contributed by atoms with Gasteiger partial charge in [0.15, 0.2) is 10.3 Å². The first kappa shape index (κ1) is 31.1. The summed E-state index contributed by atoms with van der Waals surface area (Å²) >= 11 is 2.69. The lowest BCUT2D eigenvalue weighted by molar-refractivity contribution is -0.114. The topological polar surface area (TPSA) is 134 Å². The number of hydrogen-bond acceptors (Lipinski definition) is 8. The highest BCUT2D eigenvalue weighted by molar-refractivity contribution is 8.00. The summed E-state index contributed by atoms with van der Waals surface area (Å²) in [5, 5.41) is 7.36. The predicted molar refractivity (Wildman–Crippen MR) is 185 cm³/mol. The number of ether oxygens (including phenoxy) is 2. The molecule has 6 rings (SSSR count). The van der Waals surface area contributed by atoms with Crippen molar-refractivity contribution in [3.05, 3.63) is 83.9 Å². The van der Waals surface area contributed by atoms with Crippen molar-refractivity contribution in [1.29, 1.82) is 0 Å². The van der Waals surface area contributed by atoms with E-state index >= 15 is 0 Å². The summed E-state index contributed by atoms with van der Waals surface area (Å²) in [6, 6.07) is 23.1. The van der Waals surface area contributed by atoms with Gasteiger partial charge in [0.05, 0.1) is 47.8 Å². The van der Waals surface area contributed by atoms with Crippen LogP contribution >= 0.6 is 23.5 Å². The summed E-state index contributed by atoms with van der Waals surface area (Å²) in [6.45, 7) is 3.94. The fraction of sp³-hybridized carbons (Fsp3) is 0.176. The van der Waals surface area contributed by atoms with Gasteiger partial charge in [0, 0.05) is 23.5 Å². The molecule has 4 N–H and O–H groups in total. The van der Waals surface area contributed by atoms with Gasteiger partial charge in [0.25, 0.3) is 0 Å². The highest BCUT2D eigenvalue weighted by atomic mass is 32.2. The molecule has 0 spiro atoms. The zero-order valence-electron chi connectivity index (χ0n) is 25.7. The van der Waals surface area contributed by atoms with Crippen LogP contribution in [0.1, 0.15) is 11.1 Å². The number of H-pyrrole nitrogens is 2. The average molecular weight is 653 g/mol. The van der Waals surface area contributed by atoms with Crippen molar-refractivity contribution in [3.8, 4) is 22.6 Å². The van der Waals surface area contributed by atoms with Gasteiger partial charge in [-0.2, -0.15) is 0 Å². The van der Waals surface area contributed by atoms with Crippen LogP contribution in [0.25, 0.3) is 33.2 Å². The largest absolute Gasteiger partial charge is 0.497 e. The van der Waals surface area contributed by atoms with Gasteiger partial charge in [0.1, 0.15) is 11.5 Å². The monoisotopic (exact) mass is 652 g/mol. The molecule has 0 aliphatic rings. The third-order valence-corrected chi connectivity index (χ3v) is 9.10. The molecule has 0 atom stereocenters. The van der Waals surface area contributed by atoms with Crippen LogP contribution < -0.4 is 20.1 Å². The summed E-state index contributed by atoms with van der Waals surface area (Å²) < 4.78 is 10.5. The Labute approximate surface area is 274 Å². The number of rotatable bonds is 11. The zero-order valence-corrected chi connectivity index (χ0v) is 27.3. The van der Waals surface area contributed by atoms with Crippen LogP contribution in [0.15, 0.2) is 83.1 Å². The highest BCUT2D eigenvalue weighted by Gasteiger charge is 2.13. The lowest BCUT2D eigenvalue weighted by Gasteiger charge is -2.13. The second-order valence-corrected chi connectivity index (χ2v) is 12.5. The maximum Gasteiger partial charge on any atom is 0.234 e. The van der Waals surface area contributed by atoms with E-state index in [-0.39, 0.29) is 23.3 Å². The van der Waals surface area contributed by atoms with Crippen molar-refractivity contribution in [2.45, 2.75) is 24.2 Å². The van der Waals surface area contributed by atoms with E-state index in [4.69, 9.17) is 9.47 Å². The number of imidazole rings is 2. The molecule has 6 aromatic rings. The van der Waals surface area contributed by atoms with Crippen molar-refractivity contribution in [1.82, 2.24) is 19.9 Å². The maximum atomic E-state index is 12.7. The molecule has 234 valence electrons. The minimum atomic E-state index is -0.117. The van der Waals surface area contributed by atoms with Crippen molar-refractivity contribution >= 4 is 68.8 Å². The van der Waals surface area contributed by atoms with Crippen LogP contribution in [-0.4, -0.2) is 57.5 Å². The minimum absolute atomic E-state index is 0.117. The van der Waals surface area contributed by atoms with Crippen LogP contribution in [0.3, 0.4) is 0 Å². The summed E-state index contributed by atoms with van der Waals surface area (Å²) in [5.74, 6) is 1.69. The summed E-state index contributed by atoms with van der Waals surface area (Å²) in [6.07, 6.45) is 0. The first-order valence-corrected chi connectivity index (χ1v) is 16.4. The van der Waals surface area contributed by atoms with Gasteiger partial charge >= 0.3 is 0 Å². The number of carbonyl (C=O) groups is 2. The van der Waals surface area contributed by atoms with Crippen LogP contribution in [-0.2, 0) is 9.59 Å². The molecule has 12 heteroatoms. The molecule has 0 fully saturated rings. The number of amides is 2. The number of nitrogens with zero attached hydrogens (tertiary/aromatic N) is 2. The van der Waals surface area contributed by atoms with Gasteiger partial charge in [-0.3, -0.25) is 9.59 Å². The van der Waals surface area contributed by atoms with Gasteiger partial charge in [-0.15, -0.1) is 0 Å². The van der Waals surface area contributed by atoms with Gasteiger partial charge in [0.2, 0.25) is 11.8 Å². The van der Waals surface area contributed by atoms with Crippen LogP contribution in [0.5, 0.6) is 11.5 Å². The molecule has 2 amide bonds. The molecular weight excluding hydrogens is 621 g/mol. The number of aromatic amines is 2. The molecule has 0 saturated heterocycles. The van der Waals surface area contributed by atoms with Gasteiger partial charge in [-0.05, 0) is 84.6 Å².